The number of carboxylic acid groups (broad SMARTS) is 1. The Morgan fingerprint density at radius 1 is 1.42 bits per heavy atom. The minimum Gasteiger partial charge on any atom is -0.478 e. The van der Waals surface area contributed by atoms with Crippen molar-refractivity contribution in [2.75, 3.05) is 31.6 Å². The number of hydrogen-bond donors (Lipinski definition) is 1. The molecule has 1 amide bonds. The molecule has 0 fully saturated rings. The maximum Gasteiger partial charge on any atom is 0.335 e. The van der Waals surface area contributed by atoms with Crippen LogP contribution in [0.2, 0.25) is 0 Å². The lowest BCUT2D eigenvalue weighted by molar-refractivity contribution is -0.128. The largest absolute Gasteiger partial charge is 0.478 e. The van der Waals surface area contributed by atoms with E-state index >= 15 is 0 Å². The smallest absolute Gasteiger partial charge is 0.335 e. The maximum atomic E-state index is 11.9. The van der Waals surface area contributed by atoms with Crippen LogP contribution in [0.5, 0.6) is 0 Å². The van der Waals surface area contributed by atoms with Crippen LogP contribution in [0.25, 0.3) is 0 Å². The van der Waals surface area contributed by atoms with Gasteiger partial charge in [0.1, 0.15) is 0 Å². The van der Waals surface area contributed by atoms with Crippen LogP contribution in [0.4, 0.5) is 5.69 Å². The molecule has 0 saturated carbocycles. The Bertz CT molecular complexity index is 513. The molecule has 19 heavy (non-hydrogen) atoms. The summed E-state index contributed by atoms with van der Waals surface area (Å²) < 4.78 is 0. The number of aromatic carboxylic acids is 1. The summed E-state index contributed by atoms with van der Waals surface area (Å²) in [5.74, 6) is -0.886. The van der Waals surface area contributed by atoms with Crippen molar-refractivity contribution in [1.29, 1.82) is 0 Å². The van der Waals surface area contributed by atoms with Gasteiger partial charge in [-0.2, -0.15) is 0 Å². The lowest BCUT2D eigenvalue weighted by Crippen LogP contribution is -2.37. The molecule has 0 spiro atoms. The highest BCUT2D eigenvalue weighted by Gasteiger charge is 2.23. The van der Waals surface area contributed by atoms with Gasteiger partial charge in [0.05, 0.1) is 12.1 Å². The molecular weight excluding hydrogens is 244 g/mol. The predicted octanol–water partition coefficient (Wildman–Crippen LogP) is 1.23. The molecule has 2 rings (SSSR count). The molecule has 5 heteroatoms. The Morgan fingerprint density at radius 3 is 2.79 bits per heavy atom. The summed E-state index contributed by atoms with van der Waals surface area (Å²) >= 11 is 0. The molecule has 1 aliphatic heterocycles. The fourth-order valence-corrected chi connectivity index (χ4v) is 2.20. The molecule has 5 nitrogen and oxygen atoms in total. The molecule has 0 atom stereocenters. The van der Waals surface area contributed by atoms with Crippen LogP contribution in [0.15, 0.2) is 18.2 Å². The number of fused-ring (bicyclic) bond motifs is 1. The summed E-state index contributed by atoms with van der Waals surface area (Å²) in [5, 5.41) is 9.02. The molecule has 0 aliphatic carbocycles. The van der Waals surface area contributed by atoms with E-state index in [1.165, 1.54) is 0 Å². The average Bonchev–Trinajstić information content (AvgIpc) is 2.80. The normalized spacial score (nSPS) is 13.3. The fourth-order valence-electron chi connectivity index (χ4n) is 2.20. The topological polar surface area (TPSA) is 60.9 Å². The number of carbonyl (C=O) groups is 2. The van der Waals surface area contributed by atoms with Crippen molar-refractivity contribution in [2.45, 2.75) is 13.3 Å². The zero-order chi connectivity index (χ0) is 14.0. The quantitative estimate of drug-likeness (QED) is 0.886. The van der Waals surface area contributed by atoms with E-state index in [-0.39, 0.29) is 11.5 Å². The zero-order valence-electron chi connectivity index (χ0n) is 11.2. The molecule has 0 bridgehead atoms. The Labute approximate surface area is 112 Å². The van der Waals surface area contributed by atoms with Crippen LogP contribution >= 0.6 is 0 Å². The molecule has 0 aromatic heterocycles. The van der Waals surface area contributed by atoms with E-state index in [1.807, 2.05) is 17.9 Å². The van der Waals surface area contributed by atoms with E-state index in [1.54, 1.807) is 24.1 Å². The van der Waals surface area contributed by atoms with Crippen molar-refractivity contribution < 1.29 is 14.7 Å². The van der Waals surface area contributed by atoms with E-state index < -0.39 is 5.97 Å². The van der Waals surface area contributed by atoms with Crippen LogP contribution in [-0.2, 0) is 11.2 Å². The zero-order valence-corrected chi connectivity index (χ0v) is 11.2. The van der Waals surface area contributed by atoms with Gasteiger partial charge in [-0.3, -0.25) is 4.79 Å². The number of carbonyl (C=O) groups excluding carboxylic acids is 1. The number of hydrogen-bond acceptors (Lipinski definition) is 3. The summed E-state index contributed by atoms with van der Waals surface area (Å²) in [6, 6.07) is 5.11. The SMILES string of the molecule is CCN(C)C(=O)CN1CCc2ccc(C(=O)O)cc21. The van der Waals surface area contributed by atoms with Gasteiger partial charge in [-0.1, -0.05) is 6.07 Å². The van der Waals surface area contributed by atoms with Gasteiger partial charge in [0.2, 0.25) is 5.91 Å². The Hall–Kier alpha value is -2.04. The van der Waals surface area contributed by atoms with Crippen molar-refractivity contribution in [1.82, 2.24) is 4.90 Å². The monoisotopic (exact) mass is 262 g/mol. The predicted molar refractivity (Wildman–Crippen MR) is 72.6 cm³/mol. The minimum absolute atomic E-state index is 0.0519. The number of nitrogens with zero attached hydrogens (tertiary/aromatic N) is 2. The molecule has 1 N–H and O–H groups in total. The van der Waals surface area contributed by atoms with Crippen LogP contribution in [-0.4, -0.2) is 48.6 Å². The van der Waals surface area contributed by atoms with Gasteiger partial charge in [0, 0.05) is 25.8 Å². The van der Waals surface area contributed by atoms with Crippen molar-refractivity contribution >= 4 is 17.6 Å². The van der Waals surface area contributed by atoms with Gasteiger partial charge in [0.25, 0.3) is 0 Å². The lowest BCUT2D eigenvalue weighted by atomic mass is 10.1. The van der Waals surface area contributed by atoms with E-state index in [4.69, 9.17) is 5.11 Å². The van der Waals surface area contributed by atoms with Gasteiger partial charge in [0.15, 0.2) is 0 Å². The highest BCUT2D eigenvalue weighted by molar-refractivity contribution is 5.90. The second-order valence-corrected chi connectivity index (χ2v) is 4.73. The van der Waals surface area contributed by atoms with Crippen LogP contribution in [0.3, 0.4) is 0 Å². The standard InChI is InChI=1S/C14H18N2O3/c1-3-15(2)13(17)9-16-7-6-10-4-5-11(14(18)19)8-12(10)16/h4-5,8H,3,6-7,9H2,1-2H3,(H,18,19). The number of carboxylic acids is 1. The Morgan fingerprint density at radius 2 is 2.16 bits per heavy atom. The van der Waals surface area contributed by atoms with Crippen molar-refractivity contribution in [3.05, 3.63) is 29.3 Å². The summed E-state index contributed by atoms with van der Waals surface area (Å²) in [7, 11) is 1.77. The van der Waals surface area contributed by atoms with E-state index in [0.29, 0.717) is 13.1 Å². The van der Waals surface area contributed by atoms with E-state index in [9.17, 15) is 9.59 Å². The maximum absolute atomic E-state index is 11.9. The first-order valence-corrected chi connectivity index (χ1v) is 6.38. The molecule has 1 aromatic carbocycles. The highest BCUT2D eigenvalue weighted by atomic mass is 16.4. The number of anilines is 1. The first kappa shape index (κ1) is 13.4. The minimum atomic E-state index is -0.938. The fraction of sp³-hybridized carbons (Fsp3) is 0.429. The van der Waals surface area contributed by atoms with Gasteiger partial charge in [-0.05, 0) is 31.0 Å². The Kier molecular flexibility index (Phi) is 3.74. The summed E-state index contributed by atoms with van der Waals surface area (Å²) in [6.07, 6.45) is 0.859. The third kappa shape index (κ3) is 2.70. The third-order valence-electron chi connectivity index (χ3n) is 3.55. The first-order chi connectivity index (χ1) is 9.02. The summed E-state index contributed by atoms with van der Waals surface area (Å²) in [5.41, 5.74) is 2.25. The first-order valence-electron chi connectivity index (χ1n) is 6.38. The summed E-state index contributed by atoms with van der Waals surface area (Å²) in [4.78, 5) is 26.5. The number of likely N-dealkylation sites (N-methyl/N-ethyl adjacent to an activating group) is 1. The van der Waals surface area contributed by atoms with Gasteiger partial charge >= 0.3 is 5.97 Å². The second-order valence-electron chi connectivity index (χ2n) is 4.73. The molecule has 1 aliphatic rings. The summed E-state index contributed by atoms with van der Waals surface area (Å²) in [6.45, 7) is 3.68. The Balaban J connectivity index is 2.18. The third-order valence-corrected chi connectivity index (χ3v) is 3.55. The molecule has 0 unspecified atom stereocenters. The van der Waals surface area contributed by atoms with E-state index in [0.717, 1.165) is 24.2 Å². The second kappa shape index (κ2) is 5.30. The molecule has 0 saturated heterocycles. The molecule has 1 heterocycles. The molecular formula is C14H18N2O3. The molecule has 0 radical (unpaired) electrons. The van der Waals surface area contributed by atoms with Crippen molar-refractivity contribution in [3.63, 3.8) is 0 Å². The van der Waals surface area contributed by atoms with Crippen LogP contribution < -0.4 is 4.90 Å². The number of amides is 1. The van der Waals surface area contributed by atoms with Crippen molar-refractivity contribution in [3.8, 4) is 0 Å². The van der Waals surface area contributed by atoms with Gasteiger partial charge < -0.3 is 14.9 Å². The van der Waals surface area contributed by atoms with Gasteiger partial charge in [-0.25, -0.2) is 4.79 Å². The van der Waals surface area contributed by atoms with Gasteiger partial charge in [-0.15, -0.1) is 0 Å². The highest BCUT2D eigenvalue weighted by Crippen LogP contribution is 2.28. The van der Waals surface area contributed by atoms with Crippen molar-refractivity contribution in [2.24, 2.45) is 0 Å². The number of benzene rings is 1. The lowest BCUT2D eigenvalue weighted by Gasteiger charge is -2.22. The van der Waals surface area contributed by atoms with Crippen LogP contribution in [0, 0.1) is 0 Å². The average molecular weight is 262 g/mol. The molecule has 1 aromatic rings. The number of rotatable bonds is 4. The van der Waals surface area contributed by atoms with E-state index in [2.05, 4.69) is 0 Å². The van der Waals surface area contributed by atoms with Crippen LogP contribution in [0.1, 0.15) is 22.8 Å². The molecule has 102 valence electrons.